The van der Waals surface area contributed by atoms with Gasteiger partial charge in [-0.2, -0.15) is 10.2 Å². The number of sulfonamides is 1. The molecule has 182 valence electrons. The predicted molar refractivity (Wildman–Crippen MR) is 137 cm³/mol. The maximum Gasteiger partial charge on any atom is 0.211 e. The summed E-state index contributed by atoms with van der Waals surface area (Å²) in [6.45, 7) is 1.69. The first-order valence-corrected chi connectivity index (χ1v) is 13.8. The third kappa shape index (κ3) is 3.38. The van der Waals surface area contributed by atoms with Crippen molar-refractivity contribution in [1.29, 1.82) is 0 Å². The fraction of sp³-hybridized carbons (Fsp3) is 0.280. The van der Waals surface area contributed by atoms with E-state index in [1.165, 1.54) is 6.26 Å². The Morgan fingerprint density at radius 3 is 2.78 bits per heavy atom. The molecule has 0 atom stereocenters. The number of hydrogen-bond donors (Lipinski definition) is 1. The van der Waals surface area contributed by atoms with Gasteiger partial charge in [0.15, 0.2) is 5.82 Å². The highest BCUT2D eigenvalue weighted by Crippen LogP contribution is 2.46. The molecule has 0 saturated carbocycles. The first-order valence-electron chi connectivity index (χ1n) is 11.9. The van der Waals surface area contributed by atoms with Crippen molar-refractivity contribution < 1.29 is 8.42 Å². The summed E-state index contributed by atoms with van der Waals surface area (Å²) in [7, 11) is -3.17. The maximum atomic E-state index is 12.0. The first-order chi connectivity index (χ1) is 17.5. The van der Waals surface area contributed by atoms with Gasteiger partial charge in [0.1, 0.15) is 17.4 Å². The number of hydrogen-bond acceptors (Lipinski definition) is 7. The van der Waals surface area contributed by atoms with Gasteiger partial charge in [0.2, 0.25) is 10.0 Å². The summed E-state index contributed by atoms with van der Waals surface area (Å²) >= 11 is 0. The van der Waals surface area contributed by atoms with E-state index in [4.69, 9.17) is 5.10 Å². The number of nitrogens with one attached hydrogen (secondary N) is 1. The topological polar surface area (TPSA) is 110 Å². The van der Waals surface area contributed by atoms with Crippen LogP contribution in [0.25, 0.3) is 27.5 Å². The van der Waals surface area contributed by atoms with Crippen LogP contribution >= 0.6 is 0 Å². The quantitative estimate of drug-likeness (QED) is 0.395. The van der Waals surface area contributed by atoms with E-state index in [1.54, 1.807) is 16.8 Å². The van der Waals surface area contributed by atoms with Gasteiger partial charge in [-0.25, -0.2) is 22.2 Å². The number of rotatable bonds is 4. The van der Waals surface area contributed by atoms with E-state index in [0.29, 0.717) is 19.6 Å². The molecule has 0 aliphatic carbocycles. The number of benzene rings is 1. The third-order valence-electron chi connectivity index (χ3n) is 7.25. The van der Waals surface area contributed by atoms with Gasteiger partial charge in [0.05, 0.1) is 18.5 Å². The van der Waals surface area contributed by atoms with Crippen molar-refractivity contribution in [1.82, 2.24) is 33.7 Å². The Balaban J connectivity index is 1.29. The predicted octanol–water partition coefficient (Wildman–Crippen LogP) is 3.39. The van der Waals surface area contributed by atoms with Gasteiger partial charge < -0.3 is 5.32 Å². The third-order valence-corrected chi connectivity index (χ3v) is 8.55. The fourth-order valence-electron chi connectivity index (χ4n) is 5.51. The lowest BCUT2D eigenvalue weighted by molar-refractivity contribution is 0.317. The summed E-state index contributed by atoms with van der Waals surface area (Å²) in [6, 6.07) is 10.4. The molecular weight excluding hydrogens is 476 g/mol. The van der Waals surface area contributed by atoms with Crippen LogP contribution in [-0.2, 0) is 16.6 Å². The zero-order valence-corrected chi connectivity index (χ0v) is 20.5. The van der Waals surface area contributed by atoms with Gasteiger partial charge in [-0.05, 0) is 30.5 Å². The number of nitrogens with zero attached hydrogens (tertiary/aromatic N) is 7. The number of piperidine rings is 1. The van der Waals surface area contributed by atoms with Crippen LogP contribution in [-0.4, -0.2) is 61.4 Å². The summed E-state index contributed by atoms with van der Waals surface area (Å²) in [5, 5.41) is 14.0. The van der Waals surface area contributed by atoms with Gasteiger partial charge in [-0.1, -0.05) is 18.2 Å². The molecule has 5 aromatic rings. The Hall–Kier alpha value is -3.83. The molecule has 4 aromatic heterocycles. The van der Waals surface area contributed by atoms with E-state index in [2.05, 4.69) is 44.8 Å². The van der Waals surface area contributed by atoms with Crippen molar-refractivity contribution in [2.24, 2.45) is 0 Å². The lowest BCUT2D eigenvalue weighted by Gasteiger charge is -2.29. The summed E-state index contributed by atoms with van der Waals surface area (Å²) in [4.78, 5) is 8.75. The van der Waals surface area contributed by atoms with Crippen LogP contribution in [0.3, 0.4) is 0 Å². The Bertz CT molecular complexity index is 1730. The van der Waals surface area contributed by atoms with E-state index in [1.807, 2.05) is 27.5 Å². The highest BCUT2D eigenvalue weighted by atomic mass is 32.2. The van der Waals surface area contributed by atoms with E-state index in [-0.39, 0.29) is 5.92 Å². The van der Waals surface area contributed by atoms with Crippen LogP contribution in [0.5, 0.6) is 0 Å². The lowest BCUT2D eigenvalue weighted by atomic mass is 9.93. The first kappa shape index (κ1) is 21.5. The van der Waals surface area contributed by atoms with Crippen LogP contribution in [0.2, 0.25) is 0 Å². The highest BCUT2D eigenvalue weighted by Gasteiger charge is 2.31. The molecule has 0 bridgehead atoms. The summed E-state index contributed by atoms with van der Waals surface area (Å²) < 4.78 is 29.4. The molecule has 1 N–H and O–H groups in total. The molecule has 0 unspecified atom stereocenters. The van der Waals surface area contributed by atoms with Gasteiger partial charge in [-0.15, -0.1) is 0 Å². The highest BCUT2D eigenvalue weighted by molar-refractivity contribution is 7.88. The second kappa shape index (κ2) is 7.84. The van der Waals surface area contributed by atoms with Crippen molar-refractivity contribution in [3.05, 3.63) is 66.5 Å². The minimum atomic E-state index is -3.17. The van der Waals surface area contributed by atoms with Gasteiger partial charge >= 0.3 is 0 Å². The molecule has 36 heavy (non-hydrogen) atoms. The molecule has 1 fully saturated rings. The fourth-order valence-corrected chi connectivity index (χ4v) is 6.38. The Kier molecular flexibility index (Phi) is 4.67. The van der Waals surface area contributed by atoms with Crippen LogP contribution in [0.1, 0.15) is 30.0 Å². The summed E-state index contributed by atoms with van der Waals surface area (Å²) in [5.74, 6) is 0.970. The van der Waals surface area contributed by atoms with Crippen LogP contribution in [0, 0.1) is 0 Å². The zero-order chi connectivity index (χ0) is 24.4. The molecule has 10 nitrogen and oxygen atoms in total. The molecule has 2 aliphatic rings. The standard InChI is InChI=1S/C25H24N8O2S/c1-36(34,35)32-9-6-17(7-10-32)21-11-20-19-5-4-18-14-31(13-16-3-2-8-26-12-16)30-22(18)23(19)29-25-24(20)33(21)28-15-27-25/h2-5,8,11-12,14-15,17H,6-7,9-10,13H2,1H3,(H,27,28,29). The second-order valence-electron chi connectivity index (χ2n) is 9.53. The number of anilines is 2. The molecule has 0 amide bonds. The van der Waals surface area contributed by atoms with Crippen LogP contribution in [0.15, 0.2) is 55.2 Å². The summed E-state index contributed by atoms with van der Waals surface area (Å²) in [6.07, 6.45) is 10.0. The monoisotopic (exact) mass is 500 g/mol. The van der Waals surface area contributed by atoms with E-state index < -0.39 is 10.0 Å². The molecule has 7 rings (SSSR count). The second-order valence-corrected chi connectivity index (χ2v) is 11.5. The van der Waals surface area contributed by atoms with E-state index >= 15 is 0 Å². The van der Waals surface area contributed by atoms with Crippen molar-refractivity contribution in [3.8, 4) is 11.1 Å². The van der Waals surface area contributed by atoms with Crippen molar-refractivity contribution in [3.63, 3.8) is 0 Å². The molecule has 1 saturated heterocycles. The van der Waals surface area contributed by atoms with Crippen molar-refractivity contribution in [2.75, 3.05) is 24.7 Å². The zero-order valence-electron chi connectivity index (χ0n) is 19.7. The maximum absolute atomic E-state index is 12.0. The molecule has 2 aliphatic heterocycles. The average Bonchev–Trinajstić information content (AvgIpc) is 3.47. The Labute approximate surface area is 207 Å². The minimum absolute atomic E-state index is 0.218. The van der Waals surface area contributed by atoms with Crippen molar-refractivity contribution in [2.45, 2.75) is 25.3 Å². The minimum Gasteiger partial charge on any atom is -0.336 e. The number of aromatic nitrogens is 6. The number of pyridine rings is 1. The molecule has 1 aromatic carbocycles. The van der Waals surface area contributed by atoms with Gasteiger partial charge in [0, 0.05) is 59.8 Å². The van der Waals surface area contributed by atoms with Crippen LogP contribution in [0.4, 0.5) is 11.5 Å². The Morgan fingerprint density at radius 2 is 2.00 bits per heavy atom. The lowest BCUT2D eigenvalue weighted by Crippen LogP contribution is -2.37. The molecule has 0 radical (unpaired) electrons. The van der Waals surface area contributed by atoms with Gasteiger partial charge in [-0.3, -0.25) is 9.67 Å². The van der Waals surface area contributed by atoms with E-state index in [9.17, 15) is 8.42 Å². The molecule has 6 heterocycles. The Morgan fingerprint density at radius 1 is 1.14 bits per heavy atom. The summed E-state index contributed by atoms with van der Waals surface area (Å²) in [5.41, 5.74) is 7.09. The van der Waals surface area contributed by atoms with Crippen molar-refractivity contribution >= 4 is 37.9 Å². The van der Waals surface area contributed by atoms with Crippen LogP contribution < -0.4 is 5.32 Å². The largest absolute Gasteiger partial charge is 0.336 e. The molecule has 0 spiro atoms. The average molecular weight is 501 g/mol. The number of fused-ring (bicyclic) bond motifs is 4. The SMILES string of the molecule is CS(=O)(=O)N1CCC(c2cc3c4c(ncnn24)Nc2c-3ccc3cn(Cc4cccnc4)nc23)CC1. The smallest absolute Gasteiger partial charge is 0.211 e. The van der Waals surface area contributed by atoms with E-state index in [0.717, 1.165) is 63.2 Å². The molecule has 11 heteroatoms. The molecular formula is C25H24N8O2S. The van der Waals surface area contributed by atoms with Gasteiger partial charge in [0.25, 0.3) is 0 Å². The normalized spacial score (nSPS) is 16.4.